The number of rotatable bonds is 7. The third-order valence-electron chi connectivity index (χ3n) is 2.85. The van der Waals surface area contributed by atoms with Crippen molar-refractivity contribution in [2.75, 3.05) is 6.54 Å². The normalized spacial score (nSPS) is 11.1. The van der Waals surface area contributed by atoms with Gasteiger partial charge in [-0.25, -0.2) is 0 Å². The van der Waals surface area contributed by atoms with Gasteiger partial charge in [-0.15, -0.1) is 0 Å². The van der Waals surface area contributed by atoms with E-state index in [2.05, 4.69) is 26.0 Å². The minimum atomic E-state index is -2.83. The topological polar surface area (TPSA) is 51.5 Å². The molecule has 0 aliphatic rings. The zero-order chi connectivity index (χ0) is 16.7. The first-order chi connectivity index (χ1) is 11.0. The smallest absolute Gasteiger partial charge is 0.387 e. The van der Waals surface area contributed by atoms with Crippen LogP contribution in [0.1, 0.15) is 11.3 Å². The largest absolute Gasteiger partial charge is 0.450 e. The summed E-state index contributed by atoms with van der Waals surface area (Å²) in [4.78, 5) is 11.6. The van der Waals surface area contributed by atoms with Crippen LogP contribution < -0.4 is 10.1 Å². The van der Waals surface area contributed by atoms with Crippen LogP contribution in [0.4, 0.5) is 8.78 Å². The molecule has 0 fully saturated rings. The van der Waals surface area contributed by atoms with E-state index < -0.39 is 6.61 Å². The highest BCUT2D eigenvalue weighted by molar-refractivity contribution is 9.10. The van der Waals surface area contributed by atoms with Gasteiger partial charge < -0.3 is 14.5 Å². The number of nitrogens with one attached hydrogen (secondary N) is 1. The lowest BCUT2D eigenvalue weighted by molar-refractivity contribution is -0.116. The Morgan fingerprint density at radius 2 is 2.00 bits per heavy atom. The van der Waals surface area contributed by atoms with Gasteiger partial charge in [-0.2, -0.15) is 8.78 Å². The van der Waals surface area contributed by atoms with Crippen molar-refractivity contribution in [3.05, 3.63) is 58.5 Å². The molecule has 0 atom stereocenters. The summed E-state index contributed by atoms with van der Waals surface area (Å²) in [6, 6.07) is 9.77. The number of alkyl halides is 2. The van der Waals surface area contributed by atoms with E-state index in [1.54, 1.807) is 30.3 Å². The van der Waals surface area contributed by atoms with Crippen LogP contribution in [0, 0.1) is 0 Å². The predicted octanol–water partition coefficient (Wildman–Crippen LogP) is 4.02. The monoisotopic (exact) mass is 385 g/mol. The van der Waals surface area contributed by atoms with Gasteiger partial charge in [-0.1, -0.05) is 12.1 Å². The fourth-order valence-electron chi connectivity index (χ4n) is 1.80. The lowest BCUT2D eigenvalue weighted by atomic mass is 10.1. The SMILES string of the molecule is O=C(/C=C/c1ccc(Br)o1)NCCc1ccc(OC(F)F)cc1. The van der Waals surface area contributed by atoms with Gasteiger partial charge in [0.25, 0.3) is 0 Å². The molecule has 0 saturated heterocycles. The Kier molecular flexibility index (Phi) is 6.34. The summed E-state index contributed by atoms with van der Waals surface area (Å²) in [6.45, 7) is -2.40. The molecule has 1 heterocycles. The van der Waals surface area contributed by atoms with E-state index in [0.29, 0.717) is 23.4 Å². The number of furan rings is 1. The van der Waals surface area contributed by atoms with E-state index in [1.165, 1.54) is 18.2 Å². The fourth-order valence-corrected chi connectivity index (χ4v) is 2.12. The first-order valence-electron chi connectivity index (χ1n) is 6.78. The van der Waals surface area contributed by atoms with Gasteiger partial charge in [0.1, 0.15) is 11.5 Å². The molecule has 0 radical (unpaired) electrons. The Labute approximate surface area is 140 Å². The van der Waals surface area contributed by atoms with Crippen molar-refractivity contribution in [2.24, 2.45) is 0 Å². The van der Waals surface area contributed by atoms with Gasteiger partial charge in [0.15, 0.2) is 4.67 Å². The minimum absolute atomic E-state index is 0.111. The highest BCUT2D eigenvalue weighted by Crippen LogP contribution is 2.15. The first kappa shape index (κ1) is 17.2. The summed E-state index contributed by atoms with van der Waals surface area (Å²) in [5.74, 6) is 0.442. The second kappa shape index (κ2) is 8.47. The molecule has 0 saturated carbocycles. The summed E-state index contributed by atoms with van der Waals surface area (Å²) in [7, 11) is 0. The van der Waals surface area contributed by atoms with Crippen LogP contribution in [0.2, 0.25) is 0 Å². The summed E-state index contributed by atoms with van der Waals surface area (Å²) in [6.07, 6.45) is 3.53. The van der Waals surface area contributed by atoms with Crippen molar-refractivity contribution >= 4 is 27.9 Å². The molecule has 23 heavy (non-hydrogen) atoms. The van der Waals surface area contributed by atoms with Gasteiger partial charge in [0.05, 0.1) is 0 Å². The molecular weight excluding hydrogens is 372 g/mol. The number of halogens is 3. The van der Waals surface area contributed by atoms with E-state index >= 15 is 0 Å². The number of hydrogen-bond donors (Lipinski definition) is 1. The fraction of sp³-hybridized carbons (Fsp3) is 0.188. The van der Waals surface area contributed by atoms with Crippen LogP contribution >= 0.6 is 15.9 Å². The van der Waals surface area contributed by atoms with Gasteiger partial charge >= 0.3 is 6.61 Å². The number of benzene rings is 1. The molecular formula is C16H14BrF2NO3. The van der Waals surface area contributed by atoms with E-state index in [-0.39, 0.29) is 11.7 Å². The quantitative estimate of drug-likeness (QED) is 0.732. The molecule has 7 heteroatoms. The molecule has 1 amide bonds. The Morgan fingerprint density at radius 1 is 1.26 bits per heavy atom. The van der Waals surface area contributed by atoms with Crippen molar-refractivity contribution in [1.82, 2.24) is 5.32 Å². The Balaban J connectivity index is 1.73. The summed E-state index contributed by atoms with van der Waals surface area (Å²) in [5, 5.41) is 2.72. The highest BCUT2D eigenvalue weighted by atomic mass is 79.9. The van der Waals surface area contributed by atoms with Crippen molar-refractivity contribution in [2.45, 2.75) is 13.0 Å². The lowest BCUT2D eigenvalue weighted by Gasteiger charge is -2.06. The van der Waals surface area contributed by atoms with Crippen molar-refractivity contribution < 1.29 is 22.7 Å². The van der Waals surface area contributed by atoms with E-state index in [0.717, 1.165) is 5.56 Å². The molecule has 0 spiro atoms. The number of amides is 1. The third kappa shape index (κ3) is 6.23. The Morgan fingerprint density at radius 3 is 2.61 bits per heavy atom. The maximum atomic E-state index is 12.0. The Bertz CT molecular complexity index is 668. The van der Waals surface area contributed by atoms with Gasteiger partial charge in [0, 0.05) is 12.6 Å². The molecule has 2 aromatic rings. The Hall–Kier alpha value is -2.15. The van der Waals surface area contributed by atoms with Crippen molar-refractivity contribution in [1.29, 1.82) is 0 Å². The number of carbonyl (C=O) groups excluding carboxylic acids is 1. The van der Waals surface area contributed by atoms with Crippen molar-refractivity contribution in [3.63, 3.8) is 0 Å². The molecule has 2 rings (SSSR count). The first-order valence-corrected chi connectivity index (χ1v) is 7.57. The standard InChI is InChI=1S/C16H14BrF2NO3/c17-14-7-5-12(22-14)6-8-15(21)20-10-9-11-1-3-13(4-2-11)23-16(18)19/h1-8,16H,9-10H2,(H,20,21)/b8-6+. The van der Waals surface area contributed by atoms with Gasteiger partial charge in [0.2, 0.25) is 5.91 Å². The lowest BCUT2D eigenvalue weighted by Crippen LogP contribution is -2.23. The predicted molar refractivity (Wildman–Crippen MR) is 85.2 cm³/mol. The number of carbonyl (C=O) groups is 1. The average Bonchev–Trinajstić information content (AvgIpc) is 2.92. The second-order valence-corrected chi connectivity index (χ2v) is 5.32. The van der Waals surface area contributed by atoms with Crippen LogP contribution in [0.5, 0.6) is 5.75 Å². The van der Waals surface area contributed by atoms with Crippen LogP contribution in [0.15, 0.2) is 51.6 Å². The van der Waals surface area contributed by atoms with Gasteiger partial charge in [-0.05, 0) is 58.3 Å². The molecule has 122 valence electrons. The van der Waals surface area contributed by atoms with Gasteiger partial charge in [-0.3, -0.25) is 4.79 Å². The highest BCUT2D eigenvalue weighted by Gasteiger charge is 2.04. The maximum absolute atomic E-state index is 12.0. The van der Waals surface area contributed by atoms with Crippen LogP contribution in [-0.4, -0.2) is 19.1 Å². The zero-order valence-corrected chi connectivity index (χ0v) is 13.6. The molecule has 0 aliphatic heterocycles. The van der Waals surface area contributed by atoms with E-state index in [4.69, 9.17) is 4.42 Å². The molecule has 1 aromatic carbocycles. The minimum Gasteiger partial charge on any atom is -0.450 e. The summed E-state index contributed by atoms with van der Waals surface area (Å²) < 4.78 is 34.1. The third-order valence-corrected chi connectivity index (χ3v) is 3.28. The molecule has 4 nitrogen and oxygen atoms in total. The molecule has 1 N–H and O–H groups in total. The molecule has 1 aromatic heterocycles. The molecule has 0 aliphatic carbocycles. The van der Waals surface area contributed by atoms with Crippen LogP contribution in [-0.2, 0) is 11.2 Å². The van der Waals surface area contributed by atoms with Crippen molar-refractivity contribution in [3.8, 4) is 5.75 Å². The summed E-state index contributed by atoms with van der Waals surface area (Å²) >= 11 is 3.17. The average molecular weight is 386 g/mol. The summed E-state index contributed by atoms with van der Waals surface area (Å²) in [5.41, 5.74) is 0.908. The number of ether oxygens (including phenoxy) is 1. The van der Waals surface area contributed by atoms with E-state index in [9.17, 15) is 13.6 Å². The number of hydrogen-bond acceptors (Lipinski definition) is 3. The second-order valence-electron chi connectivity index (χ2n) is 4.54. The zero-order valence-electron chi connectivity index (χ0n) is 12.0. The van der Waals surface area contributed by atoms with Crippen LogP contribution in [0.25, 0.3) is 6.08 Å². The molecule has 0 bridgehead atoms. The maximum Gasteiger partial charge on any atom is 0.387 e. The molecule has 0 unspecified atom stereocenters. The van der Waals surface area contributed by atoms with E-state index in [1.807, 2.05) is 0 Å². The van der Waals surface area contributed by atoms with Crippen LogP contribution in [0.3, 0.4) is 0 Å².